The Morgan fingerprint density at radius 2 is 1.71 bits per heavy atom. The van der Waals surface area contributed by atoms with E-state index in [0.29, 0.717) is 37.5 Å². The van der Waals surface area contributed by atoms with Crippen LogP contribution in [-0.4, -0.2) is 40.6 Å². The zero-order valence-corrected chi connectivity index (χ0v) is 27.8. The first-order valence-electron chi connectivity index (χ1n) is 17.0. The van der Waals surface area contributed by atoms with E-state index in [-0.39, 0.29) is 18.1 Å². The number of carboxylic acid groups (broad SMARTS) is 1. The second-order valence-corrected chi connectivity index (χ2v) is 13.7. The number of aliphatic hydroxyl groups is 2. The molecule has 1 rings (SSSR count). The zero-order chi connectivity index (χ0) is 30.8. The number of rotatable bonds is 23. The van der Waals surface area contributed by atoms with E-state index >= 15 is 0 Å². The molecule has 0 spiro atoms. The molecule has 0 heterocycles. The van der Waals surface area contributed by atoms with Crippen LogP contribution >= 0.6 is 0 Å². The van der Waals surface area contributed by atoms with E-state index < -0.39 is 17.5 Å². The van der Waals surface area contributed by atoms with Gasteiger partial charge in [0.25, 0.3) is 0 Å². The van der Waals surface area contributed by atoms with Crippen LogP contribution in [0, 0.1) is 23.7 Å². The number of carbonyl (C=O) groups is 1. The van der Waals surface area contributed by atoms with Gasteiger partial charge in [0.05, 0.1) is 17.8 Å². The number of carbonyl (C=O) groups excluding carboxylic acids is 1. The lowest BCUT2D eigenvalue weighted by molar-refractivity contribution is -0.311. The van der Waals surface area contributed by atoms with Crippen LogP contribution < -0.4 is 5.11 Å². The highest BCUT2D eigenvalue weighted by atomic mass is 16.5. The van der Waals surface area contributed by atoms with Gasteiger partial charge in [0.15, 0.2) is 0 Å². The van der Waals surface area contributed by atoms with E-state index in [1.54, 1.807) is 6.92 Å². The van der Waals surface area contributed by atoms with Crippen LogP contribution in [0.3, 0.4) is 0 Å². The predicted octanol–water partition coefficient (Wildman–Crippen LogP) is 7.93. The first kappa shape index (κ1) is 37.9. The maximum Gasteiger partial charge on any atom is 0.0815 e. The molecular formula is C36H65O5-. The van der Waals surface area contributed by atoms with E-state index in [1.165, 1.54) is 49.7 Å². The minimum atomic E-state index is -1.01. The van der Waals surface area contributed by atoms with Crippen LogP contribution in [0.1, 0.15) is 151 Å². The Morgan fingerprint density at radius 1 is 1.02 bits per heavy atom. The normalized spacial score (nSPS) is 24.5. The quantitative estimate of drug-likeness (QED) is 0.0951. The van der Waals surface area contributed by atoms with Gasteiger partial charge >= 0.3 is 0 Å². The smallest absolute Gasteiger partial charge is 0.0815 e. The molecule has 0 bridgehead atoms. The molecule has 1 aliphatic carbocycles. The third-order valence-corrected chi connectivity index (χ3v) is 9.52. The Morgan fingerprint density at radius 3 is 2.39 bits per heavy atom. The minimum absolute atomic E-state index is 0.135. The summed E-state index contributed by atoms with van der Waals surface area (Å²) < 4.78 is 6.45. The van der Waals surface area contributed by atoms with E-state index in [4.69, 9.17) is 4.74 Å². The highest BCUT2D eigenvalue weighted by molar-refractivity contribution is 5.66. The van der Waals surface area contributed by atoms with Crippen LogP contribution in [0.15, 0.2) is 23.3 Å². The van der Waals surface area contributed by atoms with E-state index in [9.17, 15) is 20.1 Å². The lowest BCUT2D eigenvalue weighted by atomic mass is 9.76. The van der Waals surface area contributed by atoms with Gasteiger partial charge in [0, 0.05) is 12.6 Å². The van der Waals surface area contributed by atoms with Crippen LogP contribution in [-0.2, 0) is 9.53 Å². The van der Waals surface area contributed by atoms with Gasteiger partial charge < -0.3 is 24.9 Å². The number of hydrogen-bond acceptors (Lipinski definition) is 5. The maximum absolute atomic E-state index is 10.9. The van der Waals surface area contributed by atoms with Crippen molar-refractivity contribution in [3.63, 3.8) is 0 Å². The highest BCUT2D eigenvalue weighted by Crippen LogP contribution is 2.35. The number of carboxylic acids is 1. The molecule has 2 N–H and O–H groups in total. The molecule has 0 amide bonds. The molecule has 5 nitrogen and oxygen atoms in total. The summed E-state index contributed by atoms with van der Waals surface area (Å²) in [6.45, 7) is 15.5. The fourth-order valence-corrected chi connectivity index (χ4v) is 6.02. The summed E-state index contributed by atoms with van der Waals surface area (Å²) >= 11 is 0. The van der Waals surface area contributed by atoms with Gasteiger partial charge in [0.2, 0.25) is 0 Å². The topological polar surface area (TPSA) is 89.8 Å². The molecule has 1 aliphatic rings. The molecule has 240 valence electrons. The van der Waals surface area contributed by atoms with Crippen molar-refractivity contribution in [1.29, 1.82) is 0 Å². The van der Waals surface area contributed by atoms with E-state index in [1.807, 2.05) is 6.92 Å². The Bertz CT molecular complexity index is 770. The van der Waals surface area contributed by atoms with E-state index in [0.717, 1.165) is 45.1 Å². The van der Waals surface area contributed by atoms with Gasteiger partial charge in [-0.15, -0.1) is 0 Å². The second-order valence-electron chi connectivity index (χ2n) is 13.7. The summed E-state index contributed by atoms with van der Waals surface area (Å²) in [5.74, 6) is -0.289. The summed E-state index contributed by atoms with van der Waals surface area (Å²) in [6, 6.07) is 0. The first-order valence-corrected chi connectivity index (χ1v) is 17.0. The standard InChI is InChI=1S/C36H66O5/c1-8-9-10-11-12-13-25-41-34-31(6)30(5)33(37)26-32(34)22-21-28(3)18-14-17-27(2)19-15-23-36(7,40)24-16-20-29(4)35(38)39/h19,26,28-31,33-34,37,40H,8-18,20-25H2,1-7H3,(H,38,39)/p-1/b27-19+. The molecule has 7 unspecified atom stereocenters. The van der Waals surface area contributed by atoms with Crippen molar-refractivity contribution in [3.8, 4) is 0 Å². The third-order valence-electron chi connectivity index (χ3n) is 9.52. The van der Waals surface area contributed by atoms with Crippen molar-refractivity contribution in [3.05, 3.63) is 23.3 Å². The molecule has 0 aromatic heterocycles. The molecule has 7 atom stereocenters. The lowest BCUT2D eigenvalue weighted by Crippen LogP contribution is -2.39. The predicted molar refractivity (Wildman–Crippen MR) is 169 cm³/mol. The number of ether oxygens (including phenoxy) is 1. The summed E-state index contributed by atoms with van der Waals surface area (Å²) in [5.41, 5.74) is 1.92. The van der Waals surface area contributed by atoms with Gasteiger partial charge in [-0.05, 0) is 107 Å². The van der Waals surface area contributed by atoms with Crippen LogP contribution in [0.25, 0.3) is 0 Å². The average Bonchev–Trinajstić information content (AvgIpc) is 2.90. The molecule has 0 aromatic carbocycles. The summed E-state index contributed by atoms with van der Waals surface area (Å²) in [7, 11) is 0. The zero-order valence-electron chi connectivity index (χ0n) is 27.8. The maximum atomic E-state index is 10.9. The molecule has 0 radical (unpaired) electrons. The van der Waals surface area contributed by atoms with Crippen molar-refractivity contribution in [2.24, 2.45) is 23.7 Å². The van der Waals surface area contributed by atoms with Crippen molar-refractivity contribution in [1.82, 2.24) is 0 Å². The molecule has 0 saturated heterocycles. The molecule has 41 heavy (non-hydrogen) atoms. The molecule has 0 saturated carbocycles. The fraction of sp³-hybridized carbons (Fsp3) is 0.861. The van der Waals surface area contributed by atoms with Gasteiger partial charge in [-0.1, -0.05) is 90.9 Å². The first-order chi connectivity index (χ1) is 19.4. The Labute approximate surface area is 253 Å². The third kappa shape index (κ3) is 16.3. The Hall–Kier alpha value is -1.17. The minimum Gasteiger partial charge on any atom is -0.550 e. The SMILES string of the molecule is CCCCCCCCOC1C(CCC(C)CCC/C(C)=C/CCC(C)(O)CCCC(C)C(=O)[O-])=CC(O)C(C)C1C. The van der Waals surface area contributed by atoms with Gasteiger partial charge in [-0.25, -0.2) is 0 Å². The number of hydrogen-bond donors (Lipinski definition) is 2. The van der Waals surface area contributed by atoms with Gasteiger partial charge in [-0.2, -0.15) is 0 Å². The molecule has 0 aromatic rings. The Balaban J connectivity index is 2.38. The molecule has 0 fully saturated rings. The van der Waals surface area contributed by atoms with Crippen molar-refractivity contribution < 1.29 is 24.9 Å². The van der Waals surface area contributed by atoms with Crippen LogP contribution in [0.2, 0.25) is 0 Å². The van der Waals surface area contributed by atoms with Crippen LogP contribution in [0.5, 0.6) is 0 Å². The molecule has 5 heteroatoms. The summed E-state index contributed by atoms with van der Waals surface area (Å²) in [5, 5.41) is 32.1. The monoisotopic (exact) mass is 577 g/mol. The van der Waals surface area contributed by atoms with E-state index in [2.05, 4.69) is 46.8 Å². The van der Waals surface area contributed by atoms with Crippen molar-refractivity contribution in [2.45, 2.75) is 169 Å². The Kier molecular flexibility index (Phi) is 19.1. The number of aliphatic hydroxyl groups excluding tert-OH is 1. The summed E-state index contributed by atoms with van der Waals surface area (Å²) in [4.78, 5) is 10.9. The fourth-order valence-electron chi connectivity index (χ4n) is 6.02. The molecule has 0 aliphatic heterocycles. The number of aliphatic carboxylic acids is 1. The largest absolute Gasteiger partial charge is 0.550 e. The van der Waals surface area contributed by atoms with Crippen molar-refractivity contribution >= 4 is 5.97 Å². The second kappa shape index (κ2) is 20.7. The lowest BCUT2D eigenvalue weighted by Gasteiger charge is -2.38. The summed E-state index contributed by atoms with van der Waals surface area (Å²) in [6.07, 6.45) is 20.7. The van der Waals surface area contributed by atoms with Gasteiger partial charge in [0.1, 0.15) is 0 Å². The van der Waals surface area contributed by atoms with Crippen LogP contribution in [0.4, 0.5) is 0 Å². The number of allylic oxidation sites excluding steroid dienone is 2. The van der Waals surface area contributed by atoms with Gasteiger partial charge in [-0.3, -0.25) is 0 Å². The average molecular weight is 578 g/mol. The van der Waals surface area contributed by atoms with Crippen molar-refractivity contribution in [2.75, 3.05) is 6.61 Å². The molecular weight excluding hydrogens is 512 g/mol. The highest BCUT2D eigenvalue weighted by Gasteiger charge is 2.34. The number of unbranched alkanes of at least 4 members (excludes halogenated alkanes) is 5.